The number of phenolic OH excluding ortho intramolecular Hbond substituents is 2. The zero-order valence-electron chi connectivity index (χ0n) is 14.1. The van der Waals surface area contributed by atoms with Crippen LogP contribution in [0, 0.1) is 23.2 Å². The van der Waals surface area contributed by atoms with Gasteiger partial charge in [-0.1, -0.05) is 13.8 Å². The molecule has 0 spiro atoms. The summed E-state index contributed by atoms with van der Waals surface area (Å²) < 4.78 is 6.33. The summed E-state index contributed by atoms with van der Waals surface area (Å²) in [6, 6.07) is 0. The van der Waals surface area contributed by atoms with Gasteiger partial charge < -0.3 is 14.9 Å². The van der Waals surface area contributed by atoms with Gasteiger partial charge in [-0.2, -0.15) is 0 Å². The molecule has 128 valence electrons. The average molecular weight is 330 g/mol. The fourth-order valence-corrected chi connectivity index (χ4v) is 5.48. The zero-order valence-corrected chi connectivity index (χ0v) is 14.1. The molecular formula is C19H22O5. The number of ether oxygens (including phenoxy) is 1. The molecule has 3 fully saturated rings. The fourth-order valence-electron chi connectivity index (χ4n) is 5.48. The number of hydrogen-bond donors (Lipinski definition) is 2. The maximum Gasteiger partial charge on any atom is 0.157 e. The van der Waals surface area contributed by atoms with E-state index < -0.39 is 11.4 Å². The molecule has 1 aromatic carbocycles. The maximum absolute atomic E-state index is 11.5. The highest BCUT2D eigenvalue weighted by molar-refractivity contribution is 5.95. The summed E-state index contributed by atoms with van der Waals surface area (Å²) in [7, 11) is 0. The first-order valence-electron chi connectivity index (χ1n) is 8.45. The Kier molecular flexibility index (Phi) is 2.92. The van der Waals surface area contributed by atoms with Gasteiger partial charge >= 0.3 is 0 Å². The van der Waals surface area contributed by atoms with E-state index in [0.29, 0.717) is 36.4 Å². The normalized spacial score (nSPS) is 35.0. The van der Waals surface area contributed by atoms with E-state index in [-0.39, 0.29) is 34.0 Å². The van der Waals surface area contributed by atoms with E-state index in [1.165, 1.54) is 0 Å². The van der Waals surface area contributed by atoms with Gasteiger partial charge in [0.25, 0.3) is 0 Å². The van der Waals surface area contributed by atoms with E-state index in [4.69, 9.17) is 4.74 Å². The van der Waals surface area contributed by atoms with Crippen LogP contribution in [0.15, 0.2) is 0 Å². The van der Waals surface area contributed by atoms with Gasteiger partial charge in [-0.3, -0.25) is 9.59 Å². The molecule has 0 unspecified atom stereocenters. The lowest BCUT2D eigenvalue weighted by atomic mass is 9.41. The minimum absolute atomic E-state index is 0.0381. The van der Waals surface area contributed by atoms with E-state index in [0.717, 1.165) is 12.8 Å². The molecule has 5 heteroatoms. The Balaban J connectivity index is 1.90. The summed E-state index contributed by atoms with van der Waals surface area (Å²) in [5.41, 5.74) is -0.0339. The number of phenols is 2. The summed E-state index contributed by atoms with van der Waals surface area (Å²) in [4.78, 5) is 22.7. The first kappa shape index (κ1) is 15.5. The molecule has 1 aliphatic heterocycles. The number of carbonyl (C=O) groups is 2. The first-order chi connectivity index (χ1) is 11.3. The number of benzene rings is 1. The molecular weight excluding hydrogens is 308 g/mol. The molecule has 24 heavy (non-hydrogen) atoms. The van der Waals surface area contributed by atoms with Gasteiger partial charge in [0.05, 0.1) is 11.1 Å². The summed E-state index contributed by atoms with van der Waals surface area (Å²) in [5.74, 6) is 0.725. The van der Waals surface area contributed by atoms with Crippen LogP contribution in [0.3, 0.4) is 0 Å². The molecule has 4 atom stereocenters. The van der Waals surface area contributed by atoms with Crippen molar-refractivity contribution in [2.45, 2.75) is 45.6 Å². The van der Waals surface area contributed by atoms with Crippen LogP contribution in [0.25, 0.3) is 0 Å². The van der Waals surface area contributed by atoms with Gasteiger partial charge in [0.2, 0.25) is 0 Å². The van der Waals surface area contributed by atoms with Crippen LogP contribution < -0.4 is 4.74 Å². The second-order valence-electron chi connectivity index (χ2n) is 8.30. The van der Waals surface area contributed by atoms with Gasteiger partial charge in [-0.25, -0.2) is 0 Å². The molecule has 0 amide bonds. The lowest BCUT2D eigenvalue weighted by molar-refractivity contribution is -0.217. The van der Waals surface area contributed by atoms with Crippen LogP contribution in [0.5, 0.6) is 17.2 Å². The quantitative estimate of drug-likeness (QED) is 0.814. The summed E-state index contributed by atoms with van der Waals surface area (Å²) in [6.45, 7) is 6.60. The predicted octanol–water partition coefficient (Wildman–Crippen LogP) is 3.10. The van der Waals surface area contributed by atoms with Crippen molar-refractivity contribution < 1.29 is 24.5 Å². The number of fused-ring (bicyclic) bond motifs is 1. The zero-order chi connectivity index (χ0) is 17.4. The maximum atomic E-state index is 11.5. The Hall–Kier alpha value is -2.04. The van der Waals surface area contributed by atoms with Crippen LogP contribution >= 0.6 is 0 Å². The van der Waals surface area contributed by atoms with Crippen molar-refractivity contribution in [1.29, 1.82) is 0 Å². The van der Waals surface area contributed by atoms with Gasteiger partial charge in [0, 0.05) is 17.4 Å². The van der Waals surface area contributed by atoms with Gasteiger partial charge in [0.1, 0.15) is 22.8 Å². The van der Waals surface area contributed by atoms with Crippen molar-refractivity contribution in [3.05, 3.63) is 16.7 Å². The lowest BCUT2D eigenvalue weighted by Crippen LogP contribution is -2.67. The van der Waals surface area contributed by atoms with Crippen molar-refractivity contribution in [2.24, 2.45) is 23.2 Å². The average Bonchev–Trinajstić information content (AvgIpc) is 2.53. The van der Waals surface area contributed by atoms with E-state index in [1.807, 2.05) is 0 Å². The van der Waals surface area contributed by atoms with Crippen LogP contribution in [0.2, 0.25) is 0 Å². The highest BCUT2D eigenvalue weighted by atomic mass is 16.5. The molecule has 4 aliphatic rings. The summed E-state index contributed by atoms with van der Waals surface area (Å²) >= 11 is 0. The van der Waals surface area contributed by atoms with E-state index in [2.05, 4.69) is 20.8 Å². The molecule has 0 radical (unpaired) electrons. The Morgan fingerprint density at radius 2 is 1.67 bits per heavy atom. The molecule has 1 aromatic rings. The third-order valence-electron chi connectivity index (χ3n) is 7.12. The van der Waals surface area contributed by atoms with Crippen molar-refractivity contribution in [1.82, 2.24) is 0 Å². The summed E-state index contributed by atoms with van der Waals surface area (Å²) in [6.07, 6.45) is 3.56. The Bertz CT molecular complexity index is 766. The van der Waals surface area contributed by atoms with Crippen LogP contribution in [0.1, 0.15) is 59.9 Å². The molecule has 5 nitrogen and oxygen atoms in total. The van der Waals surface area contributed by atoms with Crippen LogP contribution in [-0.4, -0.2) is 28.4 Å². The monoisotopic (exact) mass is 330 g/mol. The Morgan fingerprint density at radius 3 is 2.25 bits per heavy atom. The van der Waals surface area contributed by atoms with Gasteiger partial charge in [-0.05, 0) is 37.5 Å². The third-order valence-corrected chi connectivity index (χ3v) is 7.12. The lowest BCUT2D eigenvalue weighted by Gasteiger charge is -2.67. The van der Waals surface area contributed by atoms with Gasteiger partial charge in [0.15, 0.2) is 12.6 Å². The Morgan fingerprint density at radius 1 is 1.00 bits per heavy atom. The highest BCUT2D eigenvalue weighted by Gasteiger charge is 2.65. The van der Waals surface area contributed by atoms with Crippen LogP contribution in [0.4, 0.5) is 0 Å². The molecule has 0 aromatic heterocycles. The standard InChI is InChI=1S/C19H22O5/c1-18(2)9-4-10-5-11-15(22)12(7-20)16(23)13(8-21)17(11)24-19(10,3)14(18)6-9/h7-10,14,22-23H,4-6H2,1-3H3/t9-,10+,14+,19-/m0/s1. The number of rotatable bonds is 2. The highest BCUT2D eigenvalue weighted by Crippen LogP contribution is 2.67. The largest absolute Gasteiger partial charge is 0.507 e. The van der Waals surface area contributed by atoms with E-state index >= 15 is 0 Å². The molecule has 5 rings (SSSR count). The third kappa shape index (κ3) is 1.60. The molecule has 2 N–H and O–H groups in total. The Labute approximate surface area is 140 Å². The van der Waals surface area contributed by atoms with Crippen molar-refractivity contribution in [3.8, 4) is 17.2 Å². The second kappa shape index (κ2) is 4.52. The van der Waals surface area contributed by atoms with Crippen molar-refractivity contribution in [2.75, 3.05) is 0 Å². The number of aldehydes is 2. The van der Waals surface area contributed by atoms with Crippen molar-refractivity contribution in [3.63, 3.8) is 0 Å². The molecule has 3 saturated carbocycles. The fraction of sp³-hybridized carbons (Fsp3) is 0.579. The van der Waals surface area contributed by atoms with Crippen molar-refractivity contribution >= 4 is 12.6 Å². The van der Waals surface area contributed by atoms with Gasteiger partial charge in [-0.15, -0.1) is 0 Å². The smallest absolute Gasteiger partial charge is 0.157 e. The number of hydrogen-bond acceptors (Lipinski definition) is 5. The molecule has 2 bridgehead atoms. The minimum Gasteiger partial charge on any atom is -0.507 e. The van der Waals surface area contributed by atoms with E-state index in [1.54, 1.807) is 0 Å². The molecule has 3 aliphatic carbocycles. The number of carbonyl (C=O) groups excluding carboxylic acids is 2. The SMILES string of the molecule is CC1(C)[C@H]2C[C@@H]3Cc4c(O)c(C=O)c(O)c(C=O)c4O[C@]3(C)[C@@H]1C2. The first-order valence-corrected chi connectivity index (χ1v) is 8.45. The number of aromatic hydroxyl groups is 2. The van der Waals surface area contributed by atoms with E-state index in [9.17, 15) is 19.8 Å². The minimum atomic E-state index is -0.500. The van der Waals surface area contributed by atoms with Crippen LogP contribution in [-0.2, 0) is 6.42 Å². The molecule has 0 saturated heterocycles. The summed E-state index contributed by atoms with van der Waals surface area (Å²) in [5, 5.41) is 20.6. The topological polar surface area (TPSA) is 83.8 Å². The molecule has 1 heterocycles. The predicted molar refractivity (Wildman–Crippen MR) is 86.8 cm³/mol. The second-order valence-corrected chi connectivity index (χ2v) is 8.30.